The van der Waals surface area contributed by atoms with E-state index in [2.05, 4.69) is 0 Å². The average Bonchev–Trinajstić information content (AvgIpc) is 2.37. The van der Waals surface area contributed by atoms with E-state index in [4.69, 9.17) is 9.47 Å². The van der Waals surface area contributed by atoms with E-state index in [1.165, 1.54) is 14.0 Å². The van der Waals surface area contributed by atoms with Crippen LogP contribution in [0.4, 0.5) is 0 Å². The molecule has 4 nitrogen and oxygen atoms in total. The van der Waals surface area contributed by atoms with Crippen molar-refractivity contribution < 1.29 is 19.1 Å². The van der Waals surface area contributed by atoms with E-state index in [1.54, 1.807) is 6.92 Å². The predicted octanol–water partition coefficient (Wildman–Crippen LogP) is 2.11. The van der Waals surface area contributed by atoms with Gasteiger partial charge in [-0.25, -0.2) is 0 Å². The first kappa shape index (κ1) is 14.4. The van der Waals surface area contributed by atoms with Gasteiger partial charge in [0.05, 0.1) is 6.42 Å². The Morgan fingerprint density at radius 3 is 2.33 bits per heavy atom. The third-order valence-corrected chi connectivity index (χ3v) is 2.92. The third kappa shape index (κ3) is 3.96. The molecule has 0 saturated carbocycles. The number of methoxy groups -OCH3 is 1. The molecule has 0 aliphatic rings. The SMILES string of the molecule is COC(C)(CC(=O)OCc1ccccc1)C(C)=O. The molecule has 1 aromatic rings. The van der Waals surface area contributed by atoms with Gasteiger partial charge in [-0.2, -0.15) is 0 Å². The van der Waals surface area contributed by atoms with Crippen LogP contribution in [0.3, 0.4) is 0 Å². The first-order valence-corrected chi connectivity index (χ1v) is 5.73. The highest BCUT2D eigenvalue weighted by Gasteiger charge is 2.33. The Kier molecular flexibility index (Phi) is 5.04. The Balaban J connectivity index is 2.49. The van der Waals surface area contributed by atoms with Crippen molar-refractivity contribution in [2.75, 3.05) is 7.11 Å². The largest absolute Gasteiger partial charge is 0.461 e. The second-order valence-corrected chi connectivity index (χ2v) is 4.31. The minimum atomic E-state index is -1.10. The number of esters is 1. The summed E-state index contributed by atoms with van der Waals surface area (Å²) in [6, 6.07) is 9.38. The molecule has 4 heteroatoms. The van der Waals surface area contributed by atoms with Crippen molar-refractivity contribution in [3.63, 3.8) is 0 Å². The number of ketones is 1. The monoisotopic (exact) mass is 250 g/mol. The highest BCUT2D eigenvalue weighted by atomic mass is 16.5. The van der Waals surface area contributed by atoms with Crippen LogP contribution in [-0.2, 0) is 25.7 Å². The maximum Gasteiger partial charge on any atom is 0.309 e. The molecule has 1 rings (SSSR count). The zero-order chi connectivity index (χ0) is 13.6. The number of rotatable bonds is 6. The summed E-state index contributed by atoms with van der Waals surface area (Å²) in [4.78, 5) is 23.0. The van der Waals surface area contributed by atoms with Gasteiger partial charge in [0.1, 0.15) is 12.2 Å². The van der Waals surface area contributed by atoms with Gasteiger partial charge >= 0.3 is 5.97 Å². The van der Waals surface area contributed by atoms with Crippen molar-refractivity contribution >= 4 is 11.8 Å². The molecule has 0 radical (unpaired) electrons. The molecule has 98 valence electrons. The predicted molar refractivity (Wildman–Crippen MR) is 67.0 cm³/mol. The van der Waals surface area contributed by atoms with Gasteiger partial charge in [-0.1, -0.05) is 30.3 Å². The van der Waals surface area contributed by atoms with Gasteiger partial charge in [0.2, 0.25) is 0 Å². The average molecular weight is 250 g/mol. The smallest absolute Gasteiger partial charge is 0.309 e. The fraction of sp³-hybridized carbons (Fsp3) is 0.429. The molecule has 0 N–H and O–H groups in total. The van der Waals surface area contributed by atoms with Gasteiger partial charge in [0.25, 0.3) is 0 Å². The molecule has 1 unspecified atom stereocenters. The Morgan fingerprint density at radius 2 is 1.83 bits per heavy atom. The highest BCUT2D eigenvalue weighted by Crippen LogP contribution is 2.17. The van der Waals surface area contributed by atoms with Crippen LogP contribution in [0.5, 0.6) is 0 Å². The maximum atomic E-state index is 11.6. The van der Waals surface area contributed by atoms with E-state index in [0.717, 1.165) is 5.56 Å². The van der Waals surface area contributed by atoms with Gasteiger partial charge in [-0.15, -0.1) is 0 Å². The molecule has 0 heterocycles. The quantitative estimate of drug-likeness (QED) is 0.726. The lowest BCUT2D eigenvalue weighted by Gasteiger charge is -2.23. The summed E-state index contributed by atoms with van der Waals surface area (Å²) in [5.74, 6) is -0.639. The fourth-order valence-corrected chi connectivity index (χ4v) is 1.40. The Labute approximate surface area is 107 Å². The minimum absolute atomic E-state index is 0.0777. The molecule has 0 aromatic heterocycles. The van der Waals surface area contributed by atoms with Crippen LogP contribution in [0.25, 0.3) is 0 Å². The number of hydrogen-bond donors (Lipinski definition) is 0. The Bertz CT molecular complexity index is 413. The van der Waals surface area contributed by atoms with Gasteiger partial charge in [-0.3, -0.25) is 9.59 Å². The van der Waals surface area contributed by atoms with Crippen LogP contribution in [0.2, 0.25) is 0 Å². The van der Waals surface area contributed by atoms with E-state index in [1.807, 2.05) is 30.3 Å². The van der Waals surface area contributed by atoms with E-state index in [-0.39, 0.29) is 18.8 Å². The molecule has 0 fully saturated rings. The molecule has 18 heavy (non-hydrogen) atoms. The standard InChI is InChI=1S/C14H18O4/c1-11(15)14(2,17-3)9-13(16)18-10-12-7-5-4-6-8-12/h4-8H,9-10H2,1-3H3. The molecular weight excluding hydrogens is 232 g/mol. The van der Waals surface area contributed by atoms with Gasteiger partial charge < -0.3 is 9.47 Å². The van der Waals surface area contributed by atoms with E-state index < -0.39 is 11.6 Å². The fourth-order valence-electron chi connectivity index (χ4n) is 1.40. The van der Waals surface area contributed by atoms with Crippen molar-refractivity contribution in [1.82, 2.24) is 0 Å². The first-order valence-electron chi connectivity index (χ1n) is 5.73. The first-order chi connectivity index (χ1) is 8.48. The summed E-state index contributed by atoms with van der Waals surface area (Å²) < 4.78 is 10.2. The molecular formula is C14H18O4. The zero-order valence-corrected chi connectivity index (χ0v) is 10.9. The lowest BCUT2D eigenvalue weighted by Crippen LogP contribution is -2.38. The van der Waals surface area contributed by atoms with Gasteiger partial charge in [0, 0.05) is 7.11 Å². The highest BCUT2D eigenvalue weighted by molar-refractivity contribution is 5.89. The van der Waals surface area contributed by atoms with Crippen LogP contribution in [-0.4, -0.2) is 24.5 Å². The third-order valence-electron chi connectivity index (χ3n) is 2.92. The number of ether oxygens (including phenoxy) is 2. The van der Waals surface area contributed by atoms with Crippen molar-refractivity contribution in [3.05, 3.63) is 35.9 Å². The molecule has 0 amide bonds. The summed E-state index contributed by atoms with van der Waals surface area (Å²) in [5, 5.41) is 0. The number of carbonyl (C=O) groups is 2. The lowest BCUT2D eigenvalue weighted by molar-refractivity contribution is -0.156. The number of Topliss-reactive ketones (excluding diaryl/α,β-unsaturated/α-hetero) is 1. The molecule has 0 aliphatic heterocycles. The molecule has 0 saturated heterocycles. The maximum absolute atomic E-state index is 11.6. The van der Waals surface area contributed by atoms with Crippen LogP contribution in [0.15, 0.2) is 30.3 Å². The minimum Gasteiger partial charge on any atom is -0.461 e. The van der Waals surface area contributed by atoms with Crippen molar-refractivity contribution in [1.29, 1.82) is 0 Å². The summed E-state index contributed by atoms with van der Waals surface area (Å²) in [6.45, 7) is 3.18. The summed E-state index contributed by atoms with van der Waals surface area (Å²) in [5.41, 5.74) is -0.193. The summed E-state index contributed by atoms with van der Waals surface area (Å²) >= 11 is 0. The summed E-state index contributed by atoms with van der Waals surface area (Å²) in [7, 11) is 1.41. The van der Waals surface area contributed by atoms with Crippen molar-refractivity contribution in [2.45, 2.75) is 32.5 Å². The molecule has 0 spiro atoms. The van der Waals surface area contributed by atoms with Crippen LogP contribution >= 0.6 is 0 Å². The second kappa shape index (κ2) is 6.31. The van der Waals surface area contributed by atoms with Gasteiger partial charge in [-0.05, 0) is 19.4 Å². The molecule has 1 atom stereocenters. The molecule has 1 aromatic carbocycles. The Hall–Kier alpha value is -1.68. The van der Waals surface area contributed by atoms with E-state index in [0.29, 0.717) is 0 Å². The van der Waals surface area contributed by atoms with E-state index in [9.17, 15) is 9.59 Å². The van der Waals surface area contributed by atoms with Crippen LogP contribution in [0.1, 0.15) is 25.8 Å². The van der Waals surface area contributed by atoms with Crippen molar-refractivity contribution in [3.8, 4) is 0 Å². The summed E-state index contributed by atoms with van der Waals surface area (Å²) in [6.07, 6.45) is -0.0777. The zero-order valence-electron chi connectivity index (χ0n) is 10.9. The Morgan fingerprint density at radius 1 is 1.22 bits per heavy atom. The van der Waals surface area contributed by atoms with Crippen LogP contribution in [0, 0.1) is 0 Å². The molecule has 0 bridgehead atoms. The van der Waals surface area contributed by atoms with E-state index >= 15 is 0 Å². The lowest BCUT2D eigenvalue weighted by atomic mass is 9.98. The number of benzene rings is 1. The number of hydrogen-bond acceptors (Lipinski definition) is 4. The number of carbonyl (C=O) groups excluding carboxylic acids is 2. The molecule has 0 aliphatic carbocycles. The topological polar surface area (TPSA) is 52.6 Å². The van der Waals surface area contributed by atoms with Crippen LogP contribution < -0.4 is 0 Å². The van der Waals surface area contributed by atoms with Gasteiger partial charge in [0.15, 0.2) is 5.78 Å². The van der Waals surface area contributed by atoms with Crippen molar-refractivity contribution in [2.24, 2.45) is 0 Å². The normalized spacial score (nSPS) is 13.7. The second-order valence-electron chi connectivity index (χ2n) is 4.31.